The van der Waals surface area contributed by atoms with Crippen LogP contribution >= 0.6 is 0 Å². The van der Waals surface area contributed by atoms with Crippen LogP contribution in [0.5, 0.6) is 0 Å². The molecule has 0 aromatic rings. The van der Waals surface area contributed by atoms with Crippen LogP contribution in [0.15, 0.2) is 16.8 Å². The molecule has 3 saturated carbocycles. The van der Waals surface area contributed by atoms with Gasteiger partial charge in [0.25, 0.3) is 0 Å². The monoisotopic (exact) mass is 343 g/mol. The summed E-state index contributed by atoms with van der Waals surface area (Å²) in [6.07, 6.45) is 5.04. The van der Waals surface area contributed by atoms with Gasteiger partial charge in [0.1, 0.15) is 5.78 Å². The lowest BCUT2D eigenvalue weighted by Gasteiger charge is -2.59. The number of fused-ring (bicyclic) bond motifs is 5. The van der Waals surface area contributed by atoms with Crippen molar-refractivity contribution in [2.24, 2.45) is 33.7 Å². The maximum Gasteiger partial charge on any atom is 0.155 e. The Morgan fingerprint density at radius 2 is 1.88 bits per heavy atom. The normalized spacial score (nSPS) is 48.8. The van der Waals surface area contributed by atoms with E-state index in [1.807, 2.05) is 0 Å². The Labute approximate surface area is 147 Å². The SMILES string of the molecule is C[C@]12CCC(=O)C=C1[C@H](O)[C@@H](N=[N+]=[N-])C1C2CC[C@]2(C)C(=O)CCC12. The van der Waals surface area contributed by atoms with E-state index < -0.39 is 12.1 Å². The van der Waals surface area contributed by atoms with Gasteiger partial charge < -0.3 is 5.11 Å². The first kappa shape index (κ1) is 16.8. The van der Waals surface area contributed by atoms with E-state index in [0.29, 0.717) is 18.6 Å². The third-order valence-electron chi connectivity index (χ3n) is 7.95. The van der Waals surface area contributed by atoms with E-state index in [2.05, 4.69) is 23.9 Å². The maximum atomic E-state index is 12.5. The molecule has 0 bridgehead atoms. The highest BCUT2D eigenvalue weighted by molar-refractivity contribution is 5.92. The van der Waals surface area contributed by atoms with Gasteiger partial charge in [-0.05, 0) is 66.0 Å². The Hall–Kier alpha value is -1.65. The van der Waals surface area contributed by atoms with E-state index in [9.17, 15) is 14.7 Å². The second-order valence-electron chi connectivity index (χ2n) is 8.83. The van der Waals surface area contributed by atoms with Crippen LogP contribution in [0, 0.1) is 28.6 Å². The van der Waals surface area contributed by atoms with Crippen LogP contribution < -0.4 is 0 Å². The fourth-order valence-corrected chi connectivity index (χ4v) is 6.54. The molecule has 3 unspecified atom stereocenters. The molecule has 0 radical (unpaired) electrons. The third-order valence-corrected chi connectivity index (χ3v) is 7.95. The molecular formula is C19H25N3O3. The molecule has 1 N–H and O–H groups in total. The number of carbonyl (C=O) groups excluding carboxylic acids is 2. The Balaban J connectivity index is 1.85. The lowest BCUT2D eigenvalue weighted by atomic mass is 9.46. The van der Waals surface area contributed by atoms with Crippen molar-refractivity contribution in [2.45, 2.75) is 64.5 Å². The van der Waals surface area contributed by atoms with Gasteiger partial charge in [-0.2, -0.15) is 0 Å². The summed E-state index contributed by atoms with van der Waals surface area (Å²) >= 11 is 0. The smallest absolute Gasteiger partial charge is 0.155 e. The molecule has 4 rings (SSSR count). The molecule has 25 heavy (non-hydrogen) atoms. The highest BCUT2D eigenvalue weighted by atomic mass is 16.3. The number of carbonyl (C=O) groups is 2. The molecule has 7 atom stereocenters. The largest absolute Gasteiger partial charge is 0.388 e. The Morgan fingerprint density at radius 3 is 2.60 bits per heavy atom. The van der Waals surface area contributed by atoms with Crippen LogP contribution in [0.25, 0.3) is 10.4 Å². The number of aliphatic hydroxyl groups is 1. The van der Waals surface area contributed by atoms with Gasteiger partial charge in [-0.15, -0.1) is 0 Å². The number of azide groups is 1. The van der Waals surface area contributed by atoms with Gasteiger partial charge in [0, 0.05) is 23.2 Å². The quantitative estimate of drug-likeness (QED) is 0.448. The van der Waals surface area contributed by atoms with Crippen molar-refractivity contribution in [1.82, 2.24) is 0 Å². The second-order valence-corrected chi connectivity index (χ2v) is 8.83. The number of nitrogens with zero attached hydrogens (tertiary/aromatic N) is 3. The van der Waals surface area contributed by atoms with E-state index in [1.165, 1.54) is 0 Å². The molecular weight excluding hydrogens is 318 g/mol. The zero-order valence-electron chi connectivity index (χ0n) is 14.8. The van der Waals surface area contributed by atoms with E-state index in [0.717, 1.165) is 31.3 Å². The lowest BCUT2D eigenvalue weighted by molar-refractivity contribution is -0.136. The number of hydrogen-bond donors (Lipinski definition) is 1. The molecule has 0 heterocycles. The first-order valence-corrected chi connectivity index (χ1v) is 9.33. The van der Waals surface area contributed by atoms with Gasteiger partial charge in [-0.3, -0.25) is 9.59 Å². The fourth-order valence-electron chi connectivity index (χ4n) is 6.54. The van der Waals surface area contributed by atoms with Gasteiger partial charge in [-0.1, -0.05) is 19.0 Å². The van der Waals surface area contributed by atoms with Crippen LogP contribution in [0.3, 0.4) is 0 Å². The highest BCUT2D eigenvalue weighted by Crippen LogP contribution is 2.64. The van der Waals surface area contributed by atoms with E-state index >= 15 is 0 Å². The van der Waals surface area contributed by atoms with Crippen molar-refractivity contribution in [3.8, 4) is 0 Å². The van der Waals surface area contributed by atoms with Crippen LogP contribution in [-0.2, 0) is 9.59 Å². The molecule has 0 aliphatic heterocycles. The minimum atomic E-state index is -0.926. The Kier molecular flexibility index (Phi) is 3.64. The zero-order chi connectivity index (χ0) is 18.0. The van der Waals surface area contributed by atoms with E-state index in [-0.39, 0.29) is 34.4 Å². The molecule has 0 aromatic carbocycles. The molecule has 3 fully saturated rings. The standard InChI is InChI=1S/C19H25N3O3/c1-18-7-5-10(23)9-13(18)17(25)16(21-22-20)15-11-3-4-14(24)19(11,2)8-6-12(15)18/h9,11-12,15-17,25H,3-8H2,1-2H3/t11?,12?,15?,16-,17-,18+,19-/m0/s1. The number of hydrogen-bond acceptors (Lipinski definition) is 4. The number of rotatable bonds is 1. The number of Topliss-reactive ketones (excluding diaryl/α,β-unsaturated/α-hetero) is 1. The van der Waals surface area contributed by atoms with E-state index in [1.54, 1.807) is 6.08 Å². The summed E-state index contributed by atoms with van der Waals surface area (Å²) in [4.78, 5) is 27.5. The minimum absolute atomic E-state index is 0.00597. The van der Waals surface area contributed by atoms with Crippen molar-refractivity contribution < 1.29 is 14.7 Å². The summed E-state index contributed by atoms with van der Waals surface area (Å²) in [6, 6.07) is -0.587. The molecule has 4 aliphatic carbocycles. The van der Waals surface area contributed by atoms with Crippen LogP contribution in [0.4, 0.5) is 0 Å². The van der Waals surface area contributed by atoms with Crippen molar-refractivity contribution in [3.63, 3.8) is 0 Å². The summed E-state index contributed by atoms with van der Waals surface area (Å²) < 4.78 is 0. The van der Waals surface area contributed by atoms with E-state index in [4.69, 9.17) is 5.53 Å². The van der Waals surface area contributed by atoms with Crippen LogP contribution in [0.1, 0.15) is 52.4 Å². The molecule has 0 spiro atoms. The Morgan fingerprint density at radius 1 is 1.16 bits per heavy atom. The highest BCUT2D eigenvalue weighted by Gasteiger charge is 2.63. The lowest BCUT2D eigenvalue weighted by Crippen LogP contribution is -2.59. The summed E-state index contributed by atoms with van der Waals surface area (Å²) in [7, 11) is 0. The Bertz CT molecular complexity index is 725. The zero-order valence-corrected chi connectivity index (χ0v) is 14.8. The van der Waals surface area contributed by atoms with Crippen molar-refractivity contribution in [2.75, 3.05) is 0 Å². The number of aliphatic hydroxyl groups excluding tert-OH is 1. The summed E-state index contributed by atoms with van der Waals surface area (Å²) in [6.45, 7) is 4.21. The van der Waals surface area contributed by atoms with Gasteiger partial charge in [0.05, 0.1) is 12.1 Å². The molecule has 6 nitrogen and oxygen atoms in total. The van der Waals surface area contributed by atoms with Crippen LogP contribution in [-0.4, -0.2) is 28.8 Å². The number of ketones is 2. The molecule has 0 amide bonds. The van der Waals surface area contributed by atoms with Crippen LogP contribution in [0.2, 0.25) is 0 Å². The second kappa shape index (κ2) is 5.42. The van der Waals surface area contributed by atoms with Gasteiger partial charge in [0.2, 0.25) is 0 Å². The summed E-state index contributed by atoms with van der Waals surface area (Å²) in [5, 5.41) is 15.0. The first-order chi connectivity index (χ1) is 11.8. The minimum Gasteiger partial charge on any atom is -0.388 e. The van der Waals surface area contributed by atoms with Crippen molar-refractivity contribution in [3.05, 3.63) is 22.1 Å². The molecule has 0 aromatic heterocycles. The summed E-state index contributed by atoms with van der Waals surface area (Å²) in [5.74, 6) is 0.762. The average molecular weight is 343 g/mol. The molecule has 6 heteroatoms. The molecule has 134 valence electrons. The van der Waals surface area contributed by atoms with Gasteiger partial charge in [-0.25, -0.2) is 0 Å². The first-order valence-electron chi connectivity index (χ1n) is 9.33. The molecule has 0 saturated heterocycles. The van der Waals surface area contributed by atoms with Gasteiger partial charge in [0.15, 0.2) is 5.78 Å². The third kappa shape index (κ3) is 2.10. The predicted molar refractivity (Wildman–Crippen MR) is 91.4 cm³/mol. The fraction of sp³-hybridized carbons (Fsp3) is 0.789. The average Bonchev–Trinajstić information content (AvgIpc) is 2.88. The van der Waals surface area contributed by atoms with Crippen molar-refractivity contribution in [1.29, 1.82) is 0 Å². The van der Waals surface area contributed by atoms with Crippen molar-refractivity contribution >= 4 is 11.6 Å². The predicted octanol–water partition coefficient (Wildman–Crippen LogP) is 3.35. The van der Waals surface area contributed by atoms with Gasteiger partial charge >= 0.3 is 0 Å². The topological polar surface area (TPSA) is 103 Å². The molecule has 4 aliphatic rings. The summed E-state index contributed by atoms with van der Waals surface area (Å²) in [5.41, 5.74) is 9.24. The maximum absolute atomic E-state index is 12.5.